The second-order valence-corrected chi connectivity index (χ2v) is 6.32. The van der Waals surface area contributed by atoms with Crippen LogP contribution in [0.1, 0.15) is 42.9 Å². The predicted octanol–water partition coefficient (Wildman–Crippen LogP) is 1.75. The quantitative estimate of drug-likeness (QED) is 0.918. The van der Waals surface area contributed by atoms with Crippen molar-refractivity contribution in [1.29, 1.82) is 0 Å². The molecule has 6 heteroatoms. The van der Waals surface area contributed by atoms with Crippen LogP contribution in [-0.4, -0.2) is 51.2 Å². The van der Waals surface area contributed by atoms with Crippen molar-refractivity contribution in [3.63, 3.8) is 0 Å². The molecule has 2 aromatic rings. The van der Waals surface area contributed by atoms with Gasteiger partial charge in [0.15, 0.2) is 5.65 Å². The molecule has 1 unspecified atom stereocenters. The number of nitrogens with one attached hydrogen (secondary N) is 1. The number of carbonyl (C=O) groups excluding carboxylic acids is 1. The number of hydrogen-bond acceptors (Lipinski definition) is 4. The molecule has 1 aliphatic rings. The summed E-state index contributed by atoms with van der Waals surface area (Å²) >= 11 is 0. The number of aryl methyl sites for hydroxylation is 1. The zero-order valence-electron chi connectivity index (χ0n) is 13.6. The SMILES string of the molecule is Cc1nc2c(cnn2C(C)C)cc1C(=O)N1CCNC(C)C1. The van der Waals surface area contributed by atoms with Crippen LogP contribution in [0.3, 0.4) is 0 Å². The Balaban J connectivity index is 1.97. The van der Waals surface area contributed by atoms with Gasteiger partial charge < -0.3 is 10.2 Å². The highest BCUT2D eigenvalue weighted by atomic mass is 16.2. The Morgan fingerprint density at radius 2 is 2.23 bits per heavy atom. The van der Waals surface area contributed by atoms with Gasteiger partial charge in [-0.1, -0.05) is 0 Å². The van der Waals surface area contributed by atoms with Crippen LogP contribution in [0, 0.1) is 6.92 Å². The molecule has 1 atom stereocenters. The molecule has 6 nitrogen and oxygen atoms in total. The van der Waals surface area contributed by atoms with Crippen molar-refractivity contribution in [2.45, 2.75) is 39.8 Å². The van der Waals surface area contributed by atoms with Crippen molar-refractivity contribution >= 4 is 16.9 Å². The topological polar surface area (TPSA) is 63.1 Å². The Morgan fingerprint density at radius 1 is 1.45 bits per heavy atom. The third-order valence-corrected chi connectivity index (χ3v) is 4.14. The maximum absolute atomic E-state index is 12.8. The summed E-state index contributed by atoms with van der Waals surface area (Å²) in [6.07, 6.45) is 1.79. The highest BCUT2D eigenvalue weighted by Gasteiger charge is 2.24. The van der Waals surface area contributed by atoms with E-state index in [0.717, 1.165) is 36.4 Å². The maximum Gasteiger partial charge on any atom is 0.255 e. The lowest BCUT2D eigenvalue weighted by Crippen LogP contribution is -2.51. The molecule has 1 fully saturated rings. The largest absolute Gasteiger partial charge is 0.336 e. The molecule has 2 aromatic heterocycles. The van der Waals surface area contributed by atoms with Crippen LogP contribution in [0.15, 0.2) is 12.3 Å². The fraction of sp³-hybridized carbons (Fsp3) is 0.562. The minimum atomic E-state index is 0.0672. The summed E-state index contributed by atoms with van der Waals surface area (Å²) in [6, 6.07) is 2.51. The van der Waals surface area contributed by atoms with E-state index >= 15 is 0 Å². The first-order valence-corrected chi connectivity index (χ1v) is 7.85. The number of nitrogens with zero attached hydrogens (tertiary/aromatic N) is 4. The first-order chi connectivity index (χ1) is 10.5. The van der Waals surface area contributed by atoms with Gasteiger partial charge in [-0.15, -0.1) is 0 Å². The molecule has 0 aliphatic carbocycles. The first kappa shape index (κ1) is 15.0. The zero-order valence-corrected chi connectivity index (χ0v) is 13.6. The molecular weight excluding hydrogens is 278 g/mol. The lowest BCUT2D eigenvalue weighted by atomic mass is 10.1. The monoisotopic (exact) mass is 301 g/mol. The normalized spacial score (nSPS) is 19.1. The van der Waals surface area contributed by atoms with Crippen molar-refractivity contribution in [2.24, 2.45) is 0 Å². The van der Waals surface area contributed by atoms with Crippen molar-refractivity contribution in [3.8, 4) is 0 Å². The molecule has 1 amide bonds. The van der Waals surface area contributed by atoms with Crippen LogP contribution in [0.25, 0.3) is 11.0 Å². The predicted molar refractivity (Wildman–Crippen MR) is 86.0 cm³/mol. The lowest BCUT2D eigenvalue weighted by Gasteiger charge is -2.32. The Morgan fingerprint density at radius 3 is 2.91 bits per heavy atom. The third-order valence-electron chi connectivity index (χ3n) is 4.14. The Labute approximate surface area is 130 Å². The average molecular weight is 301 g/mol. The Bertz CT molecular complexity index is 706. The summed E-state index contributed by atoms with van der Waals surface area (Å²) in [4.78, 5) is 19.3. The molecule has 0 aromatic carbocycles. The number of rotatable bonds is 2. The molecule has 3 rings (SSSR count). The van der Waals surface area contributed by atoms with Gasteiger partial charge in [0.25, 0.3) is 5.91 Å². The van der Waals surface area contributed by atoms with Crippen LogP contribution >= 0.6 is 0 Å². The van der Waals surface area contributed by atoms with Crippen molar-refractivity contribution in [3.05, 3.63) is 23.5 Å². The van der Waals surface area contributed by atoms with E-state index in [0.29, 0.717) is 11.6 Å². The summed E-state index contributed by atoms with van der Waals surface area (Å²) < 4.78 is 1.89. The smallest absolute Gasteiger partial charge is 0.255 e. The number of carbonyl (C=O) groups is 1. The van der Waals surface area contributed by atoms with Gasteiger partial charge in [-0.2, -0.15) is 5.10 Å². The van der Waals surface area contributed by atoms with Gasteiger partial charge in [-0.25, -0.2) is 9.67 Å². The van der Waals surface area contributed by atoms with E-state index in [1.807, 2.05) is 22.6 Å². The van der Waals surface area contributed by atoms with E-state index in [1.54, 1.807) is 6.20 Å². The Kier molecular flexibility index (Phi) is 3.87. The maximum atomic E-state index is 12.8. The van der Waals surface area contributed by atoms with Gasteiger partial charge in [0.1, 0.15) is 0 Å². The van der Waals surface area contributed by atoms with Gasteiger partial charge in [0, 0.05) is 37.1 Å². The summed E-state index contributed by atoms with van der Waals surface area (Å²) in [5.41, 5.74) is 2.30. The minimum Gasteiger partial charge on any atom is -0.336 e. The molecule has 1 N–H and O–H groups in total. The highest BCUT2D eigenvalue weighted by Crippen LogP contribution is 2.20. The molecule has 1 saturated heterocycles. The zero-order chi connectivity index (χ0) is 15.9. The number of hydrogen-bond donors (Lipinski definition) is 1. The van der Waals surface area contributed by atoms with E-state index < -0.39 is 0 Å². The van der Waals surface area contributed by atoms with Crippen molar-refractivity contribution in [1.82, 2.24) is 25.0 Å². The van der Waals surface area contributed by atoms with Gasteiger partial charge in [0.05, 0.1) is 17.5 Å². The Hall–Kier alpha value is -1.95. The molecule has 22 heavy (non-hydrogen) atoms. The number of piperazine rings is 1. The molecule has 0 saturated carbocycles. The fourth-order valence-electron chi connectivity index (χ4n) is 2.95. The minimum absolute atomic E-state index is 0.0672. The molecule has 3 heterocycles. The van der Waals surface area contributed by atoms with Crippen LogP contribution in [-0.2, 0) is 0 Å². The first-order valence-electron chi connectivity index (χ1n) is 7.85. The summed E-state index contributed by atoms with van der Waals surface area (Å²) in [7, 11) is 0. The van der Waals surface area contributed by atoms with Crippen LogP contribution in [0.4, 0.5) is 0 Å². The molecule has 0 radical (unpaired) electrons. The van der Waals surface area contributed by atoms with E-state index in [4.69, 9.17) is 0 Å². The van der Waals surface area contributed by atoms with E-state index in [9.17, 15) is 4.79 Å². The molecular formula is C16H23N5O. The van der Waals surface area contributed by atoms with E-state index in [-0.39, 0.29) is 11.9 Å². The molecule has 118 valence electrons. The number of amides is 1. The summed E-state index contributed by atoms with van der Waals surface area (Å²) in [5.74, 6) is 0.0672. The van der Waals surface area contributed by atoms with Crippen molar-refractivity contribution < 1.29 is 4.79 Å². The van der Waals surface area contributed by atoms with Crippen LogP contribution in [0.5, 0.6) is 0 Å². The van der Waals surface area contributed by atoms with E-state index in [1.165, 1.54) is 0 Å². The number of aromatic nitrogens is 3. The molecule has 0 spiro atoms. The summed E-state index contributed by atoms with van der Waals surface area (Å²) in [6.45, 7) is 10.5. The third kappa shape index (κ3) is 2.59. The highest BCUT2D eigenvalue weighted by molar-refractivity contribution is 5.98. The molecule has 1 aliphatic heterocycles. The van der Waals surface area contributed by atoms with E-state index in [2.05, 4.69) is 36.2 Å². The van der Waals surface area contributed by atoms with Gasteiger partial charge in [-0.05, 0) is 33.8 Å². The number of fused-ring (bicyclic) bond motifs is 1. The molecule has 0 bridgehead atoms. The lowest BCUT2D eigenvalue weighted by molar-refractivity contribution is 0.0708. The van der Waals surface area contributed by atoms with Crippen molar-refractivity contribution in [2.75, 3.05) is 19.6 Å². The average Bonchev–Trinajstić information content (AvgIpc) is 2.88. The van der Waals surface area contributed by atoms with Crippen LogP contribution < -0.4 is 5.32 Å². The summed E-state index contributed by atoms with van der Waals surface area (Å²) in [5, 5.41) is 8.66. The van der Waals surface area contributed by atoms with Gasteiger partial charge in [-0.3, -0.25) is 4.79 Å². The van der Waals surface area contributed by atoms with Gasteiger partial charge >= 0.3 is 0 Å². The van der Waals surface area contributed by atoms with Gasteiger partial charge in [0.2, 0.25) is 0 Å². The number of pyridine rings is 1. The standard InChI is InChI=1S/C16H23N5O/c1-10(2)21-15-13(8-18-21)7-14(12(4)19-15)16(22)20-6-5-17-11(3)9-20/h7-8,10-11,17H,5-6,9H2,1-4H3. The second kappa shape index (κ2) is 5.68. The second-order valence-electron chi connectivity index (χ2n) is 6.32. The van der Waals surface area contributed by atoms with Crippen LogP contribution in [0.2, 0.25) is 0 Å². The fourth-order valence-corrected chi connectivity index (χ4v) is 2.95.